The Labute approximate surface area is 182 Å². The first-order valence-electron chi connectivity index (χ1n) is 10.7. The van der Waals surface area contributed by atoms with Crippen LogP contribution in [0.2, 0.25) is 0 Å². The first-order chi connectivity index (χ1) is 14.6. The molecule has 1 N–H and O–H groups in total. The van der Waals surface area contributed by atoms with Gasteiger partial charge in [-0.2, -0.15) is 0 Å². The van der Waals surface area contributed by atoms with Crippen molar-refractivity contribution in [2.24, 2.45) is 16.7 Å². The van der Waals surface area contributed by atoms with Crippen molar-refractivity contribution in [2.75, 3.05) is 10.5 Å². The van der Waals surface area contributed by atoms with Gasteiger partial charge in [0.1, 0.15) is 11.4 Å². The van der Waals surface area contributed by atoms with Crippen LogP contribution in [-0.4, -0.2) is 29.3 Å². The Balaban J connectivity index is 1.43. The molecule has 0 saturated heterocycles. The molecule has 2 aliphatic carbocycles. The lowest BCUT2D eigenvalue weighted by Gasteiger charge is -2.36. The molecular weight excluding hydrogens is 410 g/mol. The van der Waals surface area contributed by atoms with Crippen molar-refractivity contribution in [3.05, 3.63) is 54.4 Å². The number of nitrogens with zero attached hydrogens (tertiary/aromatic N) is 2. The van der Waals surface area contributed by atoms with Gasteiger partial charge in [-0.15, -0.1) is 0 Å². The topological polar surface area (TPSA) is 80.5 Å². The highest BCUT2D eigenvalue weighted by Gasteiger charge is 2.65. The van der Waals surface area contributed by atoms with Crippen LogP contribution in [0.4, 0.5) is 5.69 Å². The zero-order valence-corrected chi connectivity index (χ0v) is 18.9. The minimum atomic E-state index is -3.69. The van der Waals surface area contributed by atoms with Crippen molar-refractivity contribution in [1.29, 1.82) is 0 Å². The smallest absolute Gasteiger partial charge is 0.233 e. The lowest BCUT2D eigenvalue weighted by Crippen LogP contribution is -2.43. The van der Waals surface area contributed by atoms with E-state index in [1.807, 2.05) is 48.0 Å². The minimum absolute atomic E-state index is 0.105. The summed E-state index contributed by atoms with van der Waals surface area (Å²) in [6, 6.07) is 11.2. The summed E-state index contributed by atoms with van der Waals surface area (Å²) in [5.74, 6) is 0.241. The van der Waals surface area contributed by atoms with Gasteiger partial charge >= 0.3 is 0 Å². The number of aryl methyl sites for hydroxylation is 1. The third-order valence-electron chi connectivity index (χ3n) is 7.69. The Morgan fingerprint density at radius 2 is 2.03 bits per heavy atom. The van der Waals surface area contributed by atoms with Crippen LogP contribution in [0.3, 0.4) is 0 Å². The summed E-state index contributed by atoms with van der Waals surface area (Å²) in [7, 11) is -3.69. The predicted molar refractivity (Wildman–Crippen MR) is 121 cm³/mol. The highest BCUT2D eigenvalue weighted by Crippen LogP contribution is 2.64. The van der Waals surface area contributed by atoms with E-state index in [1.54, 1.807) is 12.1 Å². The Kier molecular flexibility index (Phi) is 4.35. The number of aromatic nitrogens is 2. The number of anilines is 1. The Morgan fingerprint density at radius 3 is 2.71 bits per heavy atom. The summed E-state index contributed by atoms with van der Waals surface area (Å²) >= 11 is 0. The maximum absolute atomic E-state index is 13.1. The number of hydrogen-bond acceptors (Lipinski definition) is 4. The zero-order valence-electron chi connectivity index (χ0n) is 18.1. The molecule has 2 heterocycles. The summed E-state index contributed by atoms with van der Waals surface area (Å²) in [4.78, 5) is 17.5. The van der Waals surface area contributed by atoms with E-state index in [4.69, 9.17) is 4.98 Å². The molecule has 7 heteroatoms. The molecule has 2 unspecified atom stereocenters. The number of fused-ring (bicyclic) bond motifs is 3. The lowest BCUT2D eigenvalue weighted by atomic mass is 9.70. The second-order valence-electron chi connectivity index (χ2n) is 9.66. The largest absolute Gasteiger partial charge is 0.306 e. The van der Waals surface area contributed by atoms with E-state index in [1.165, 1.54) is 0 Å². The van der Waals surface area contributed by atoms with Gasteiger partial charge in [0.2, 0.25) is 10.0 Å². The van der Waals surface area contributed by atoms with Gasteiger partial charge in [0, 0.05) is 30.1 Å². The number of sulfonamides is 1. The Bertz CT molecular complexity index is 1310. The maximum atomic E-state index is 13.1. The maximum Gasteiger partial charge on any atom is 0.233 e. The third-order valence-corrected chi connectivity index (χ3v) is 9.10. The number of carbonyl (C=O) groups is 1. The normalized spacial score (nSPS) is 24.7. The van der Waals surface area contributed by atoms with Gasteiger partial charge in [0.15, 0.2) is 0 Å². The van der Waals surface area contributed by atoms with Gasteiger partial charge in [0.05, 0.1) is 16.9 Å². The van der Waals surface area contributed by atoms with Crippen molar-refractivity contribution in [3.8, 4) is 11.3 Å². The summed E-state index contributed by atoms with van der Waals surface area (Å²) in [5.41, 5.74) is 2.98. The molecular formula is C24H27N3O3S. The quantitative estimate of drug-likeness (QED) is 0.640. The Hall–Kier alpha value is -2.67. The number of Topliss-reactive ketones (excluding diaryl/α,β-unsaturated/α-hetero) is 1. The van der Waals surface area contributed by atoms with Gasteiger partial charge in [-0.3, -0.25) is 9.52 Å². The zero-order chi connectivity index (χ0) is 22.0. The fraction of sp³-hybridized carbons (Fsp3) is 0.417. The second-order valence-corrected chi connectivity index (χ2v) is 11.4. The van der Waals surface area contributed by atoms with E-state index < -0.39 is 15.4 Å². The summed E-state index contributed by atoms with van der Waals surface area (Å²) in [6.45, 7) is 6.11. The van der Waals surface area contributed by atoms with Crippen molar-refractivity contribution < 1.29 is 13.2 Å². The van der Waals surface area contributed by atoms with Crippen molar-refractivity contribution in [3.63, 3.8) is 0 Å². The highest BCUT2D eigenvalue weighted by molar-refractivity contribution is 7.92. The molecule has 3 aromatic rings. The van der Waals surface area contributed by atoms with Crippen LogP contribution in [0.25, 0.3) is 16.9 Å². The first kappa shape index (κ1) is 20.2. The van der Waals surface area contributed by atoms with E-state index >= 15 is 0 Å². The van der Waals surface area contributed by atoms with E-state index in [0.717, 1.165) is 28.9 Å². The Morgan fingerprint density at radius 1 is 1.23 bits per heavy atom. The van der Waals surface area contributed by atoms with Crippen LogP contribution in [-0.2, 0) is 14.8 Å². The first-order valence-corrected chi connectivity index (χ1v) is 12.4. The molecule has 0 amide bonds. The van der Waals surface area contributed by atoms with Crippen LogP contribution in [0, 0.1) is 23.7 Å². The van der Waals surface area contributed by atoms with E-state index in [-0.39, 0.29) is 22.9 Å². The van der Waals surface area contributed by atoms with Gasteiger partial charge in [-0.25, -0.2) is 13.4 Å². The second kappa shape index (κ2) is 6.66. The van der Waals surface area contributed by atoms with Crippen molar-refractivity contribution in [2.45, 2.75) is 40.0 Å². The van der Waals surface area contributed by atoms with Gasteiger partial charge in [-0.05, 0) is 54.9 Å². The lowest BCUT2D eigenvalue weighted by molar-refractivity contribution is -0.128. The molecule has 2 atom stereocenters. The molecule has 5 rings (SSSR count). The molecule has 31 heavy (non-hydrogen) atoms. The molecule has 162 valence electrons. The van der Waals surface area contributed by atoms with Crippen LogP contribution in [0.5, 0.6) is 0 Å². The average Bonchev–Trinajstić information content (AvgIpc) is 3.29. The summed E-state index contributed by atoms with van der Waals surface area (Å²) in [5, 5.41) is 0. The number of nitrogens with one attached hydrogen (secondary N) is 1. The fourth-order valence-corrected chi connectivity index (χ4v) is 7.57. The molecule has 6 nitrogen and oxygen atoms in total. The van der Waals surface area contributed by atoms with Gasteiger partial charge in [-0.1, -0.05) is 32.0 Å². The number of pyridine rings is 1. The van der Waals surface area contributed by atoms with Crippen LogP contribution >= 0.6 is 0 Å². The standard InChI is InChI=1S/C24H27N3O3S/c1-16-6-5-11-27-14-20(25-22(16)27)17-7-4-8-19(12-17)26-31(29,30)15-24-10-9-18(13-21(24)28)23(24,2)3/h4-8,11-12,14,18,26H,9-10,13,15H2,1-3H3. The molecule has 0 radical (unpaired) electrons. The molecule has 1 aromatic carbocycles. The van der Waals surface area contributed by atoms with Crippen LogP contribution < -0.4 is 4.72 Å². The molecule has 2 aliphatic rings. The van der Waals surface area contributed by atoms with E-state index in [0.29, 0.717) is 18.5 Å². The number of ketones is 1. The number of imidazole rings is 1. The SMILES string of the molecule is Cc1cccn2cc(-c3cccc(NS(=O)(=O)CC45CCC(CC4=O)C5(C)C)c3)nc12. The third kappa shape index (κ3) is 3.09. The summed E-state index contributed by atoms with van der Waals surface area (Å²) in [6.07, 6.45) is 5.97. The molecule has 2 saturated carbocycles. The monoisotopic (exact) mass is 437 g/mol. The van der Waals surface area contributed by atoms with E-state index in [2.05, 4.69) is 18.6 Å². The van der Waals surface area contributed by atoms with Crippen molar-refractivity contribution >= 4 is 27.1 Å². The van der Waals surface area contributed by atoms with Gasteiger partial charge in [0.25, 0.3) is 0 Å². The minimum Gasteiger partial charge on any atom is -0.306 e. The number of hydrogen-bond donors (Lipinski definition) is 1. The average molecular weight is 438 g/mol. The van der Waals surface area contributed by atoms with E-state index in [9.17, 15) is 13.2 Å². The highest BCUT2D eigenvalue weighted by atomic mass is 32.2. The molecule has 0 spiro atoms. The summed E-state index contributed by atoms with van der Waals surface area (Å²) < 4.78 is 30.9. The van der Waals surface area contributed by atoms with Crippen LogP contribution in [0.15, 0.2) is 48.8 Å². The number of rotatable bonds is 5. The van der Waals surface area contributed by atoms with Crippen molar-refractivity contribution in [1.82, 2.24) is 9.38 Å². The fourth-order valence-electron chi connectivity index (χ4n) is 5.68. The van der Waals surface area contributed by atoms with Gasteiger partial charge < -0.3 is 4.40 Å². The molecule has 2 fully saturated rings. The predicted octanol–water partition coefficient (Wildman–Crippen LogP) is 4.45. The van der Waals surface area contributed by atoms with Crippen LogP contribution in [0.1, 0.15) is 38.7 Å². The molecule has 2 aromatic heterocycles. The number of benzene rings is 1. The molecule has 0 aliphatic heterocycles. The number of carbonyl (C=O) groups excluding carboxylic acids is 1. The molecule has 2 bridgehead atoms.